The lowest BCUT2D eigenvalue weighted by Gasteiger charge is -2.37. The lowest BCUT2D eigenvalue weighted by atomic mass is 9.71. The Hall–Kier alpha value is -0.760. The van der Waals surface area contributed by atoms with E-state index in [0.717, 1.165) is 6.42 Å². The fourth-order valence-electron chi connectivity index (χ4n) is 3.81. The predicted molar refractivity (Wildman–Crippen MR) is 75.7 cm³/mol. The van der Waals surface area contributed by atoms with Gasteiger partial charge in [-0.15, -0.1) is 11.8 Å². The maximum absolute atomic E-state index is 12.6. The molecule has 3 rings (SSSR count). The van der Waals surface area contributed by atoms with Crippen molar-refractivity contribution in [2.75, 3.05) is 0 Å². The van der Waals surface area contributed by atoms with Gasteiger partial charge in [0, 0.05) is 10.8 Å². The minimum absolute atomic E-state index is 0.147. The first-order valence-electron chi connectivity index (χ1n) is 6.72. The lowest BCUT2D eigenvalue weighted by molar-refractivity contribution is -0.122. The first-order valence-corrected chi connectivity index (χ1v) is 7.60. The molecule has 0 saturated heterocycles. The van der Waals surface area contributed by atoms with Crippen LogP contribution >= 0.6 is 11.8 Å². The molecule has 18 heavy (non-hydrogen) atoms. The summed E-state index contributed by atoms with van der Waals surface area (Å²) >= 11 is 1.77. The minimum Gasteiger partial charge on any atom is -0.298 e. The fourth-order valence-corrected chi connectivity index (χ4v) is 5.36. The summed E-state index contributed by atoms with van der Waals surface area (Å²) in [5.41, 5.74) is 0.325. The molecule has 3 unspecified atom stereocenters. The van der Waals surface area contributed by atoms with Crippen molar-refractivity contribution in [3.8, 4) is 0 Å². The van der Waals surface area contributed by atoms with E-state index < -0.39 is 0 Å². The van der Waals surface area contributed by atoms with Gasteiger partial charge in [-0.05, 0) is 35.8 Å². The standard InChI is InChI=1S/C16H20OS/c1-15(2)12-9-10-16(15,3)14(13(12)17)18-11-7-5-4-6-8-11/h4-8,12,14H,9-10H2,1-3H3. The third-order valence-electron chi connectivity index (χ3n) is 5.47. The van der Waals surface area contributed by atoms with Crippen LogP contribution in [0.5, 0.6) is 0 Å². The van der Waals surface area contributed by atoms with Gasteiger partial charge in [0.25, 0.3) is 0 Å². The van der Waals surface area contributed by atoms with E-state index in [1.807, 2.05) is 18.2 Å². The van der Waals surface area contributed by atoms with Crippen LogP contribution in [0.4, 0.5) is 0 Å². The number of fused-ring (bicyclic) bond motifs is 2. The molecule has 0 aromatic heterocycles. The summed E-state index contributed by atoms with van der Waals surface area (Å²) in [7, 11) is 0. The zero-order chi connectivity index (χ0) is 13.0. The number of hydrogen-bond acceptors (Lipinski definition) is 2. The van der Waals surface area contributed by atoms with E-state index in [2.05, 4.69) is 32.9 Å². The molecule has 2 saturated carbocycles. The van der Waals surface area contributed by atoms with Gasteiger partial charge in [0.05, 0.1) is 5.25 Å². The number of hydrogen-bond donors (Lipinski definition) is 0. The number of carbonyl (C=O) groups excluding carboxylic acids is 1. The van der Waals surface area contributed by atoms with E-state index in [4.69, 9.17) is 0 Å². The van der Waals surface area contributed by atoms with Gasteiger partial charge in [0.15, 0.2) is 0 Å². The summed E-state index contributed by atoms with van der Waals surface area (Å²) in [6.45, 7) is 6.89. The quantitative estimate of drug-likeness (QED) is 0.793. The number of Topliss-reactive ketones (excluding diaryl/α,β-unsaturated/α-hetero) is 1. The van der Waals surface area contributed by atoms with Crippen molar-refractivity contribution in [2.24, 2.45) is 16.7 Å². The van der Waals surface area contributed by atoms with Crippen LogP contribution in [0.3, 0.4) is 0 Å². The number of ketones is 1. The molecule has 2 heteroatoms. The Morgan fingerprint density at radius 3 is 2.39 bits per heavy atom. The summed E-state index contributed by atoms with van der Waals surface area (Å²) in [6.07, 6.45) is 2.29. The zero-order valence-corrected chi connectivity index (χ0v) is 12.1. The van der Waals surface area contributed by atoms with Gasteiger partial charge in [-0.3, -0.25) is 4.79 Å². The van der Waals surface area contributed by atoms with Crippen LogP contribution in [0.25, 0.3) is 0 Å². The van der Waals surface area contributed by atoms with Crippen molar-refractivity contribution >= 4 is 17.5 Å². The number of benzene rings is 1. The molecule has 1 nitrogen and oxygen atoms in total. The second-order valence-electron chi connectivity index (χ2n) is 6.44. The smallest absolute Gasteiger partial charge is 0.150 e. The average molecular weight is 260 g/mol. The van der Waals surface area contributed by atoms with E-state index in [0.29, 0.717) is 5.78 Å². The molecule has 2 fully saturated rings. The highest BCUT2D eigenvalue weighted by molar-refractivity contribution is 8.00. The van der Waals surface area contributed by atoms with Gasteiger partial charge < -0.3 is 0 Å². The van der Waals surface area contributed by atoms with Crippen LogP contribution in [0.2, 0.25) is 0 Å². The zero-order valence-electron chi connectivity index (χ0n) is 11.3. The highest BCUT2D eigenvalue weighted by Gasteiger charge is 2.66. The molecule has 3 atom stereocenters. The molecule has 1 aromatic rings. The Balaban J connectivity index is 1.93. The molecule has 2 bridgehead atoms. The number of rotatable bonds is 2. The largest absolute Gasteiger partial charge is 0.298 e. The minimum atomic E-state index is 0.147. The Labute approximate surface area is 113 Å². The molecule has 0 heterocycles. The summed E-state index contributed by atoms with van der Waals surface area (Å²) < 4.78 is 0. The van der Waals surface area contributed by atoms with E-state index >= 15 is 0 Å². The number of thioether (sulfide) groups is 1. The van der Waals surface area contributed by atoms with Gasteiger partial charge in [-0.1, -0.05) is 39.0 Å². The first kappa shape index (κ1) is 12.3. The topological polar surface area (TPSA) is 17.1 Å². The summed E-state index contributed by atoms with van der Waals surface area (Å²) in [5.74, 6) is 0.770. The maximum atomic E-state index is 12.6. The normalized spacial score (nSPS) is 37.2. The summed E-state index contributed by atoms with van der Waals surface area (Å²) in [4.78, 5) is 13.8. The molecule has 0 radical (unpaired) electrons. The first-order chi connectivity index (χ1) is 8.47. The predicted octanol–water partition coefficient (Wildman–Crippen LogP) is 4.17. The molecule has 2 aliphatic rings. The van der Waals surface area contributed by atoms with Crippen molar-refractivity contribution in [2.45, 2.75) is 43.8 Å². The van der Waals surface area contributed by atoms with Crippen LogP contribution in [0.1, 0.15) is 33.6 Å². The molecule has 0 aliphatic heterocycles. The third kappa shape index (κ3) is 1.45. The van der Waals surface area contributed by atoms with Crippen LogP contribution < -0.4 is 0 Å². The Bertz CT molecular complexity index is 479. The average Bonchev–Trinajstić information content (AvgIpc) is 2.65. The summed E-state index contributed by atoms with van der Waals surface area (Å²) in [5, 5.41) is 0.147. The van der Waals surface area contributed by atoms with Crippen molar-refractivity contribution < 1.29 is 4.79 Å². The van der Waals surface area contributed by atoms with Crippen LogP contribution in [0.15, 0.2) is 35.2 Å². The highest BCUT2D eigenvalue weighted by atomic mass is 32.2. The van der Waals surface area contributed by atoms with E-state index in [9.17, 15) is 4.79 Å². The van der Waals surface area contributed by atoms with Crippen LogP contribution in [0, 0.1) is 16.7 Å². The third-order valence-corrected chi connectivity index (χ3v) is 7.01. The molecular formula is C16H20OS. The van der Waals surface area contributed by atoms with E-state index in [1.54, 1.807) is 11.8 Å². The fraction of sp³-hybridized carbons (Fsp3) is 0.562. The second kappa shape index (κ2) is 3.86. The number of carbonyl (C=O) groups is 1. The van der Waals surface area contributed by atoms with E-state index in [-0.39, 0.29) is 22.0 Å². The second-order valence-corrected chi connectivity index (χ2v) is 7.62. The Morgan fingerprint density at radius 2 is 1.83 bits per heavy atom. The molecule has 1 aromatic carbocycles. The molecule has 2 aliphatic carbocycles. The van der Waals surface area contributed by atoms with Gasteiger partial charge in [-0.25, -0.2) is 0 Å². The molecule has 0 spiro atoms. The summed E-state index contributed by atoms with van der Waals surface area (Å²) in [6, 6.07) is 10.3. The van der Waals surface area contributed by atoms with Gasteiger partial charge >= 0.3 is 0 Å². The highest BCUT2D eigenvalue weighted by Crippen LogP contribution is 2.67. The van der Waals surface area contributed by atoms with Gasteiger partial charge in [0.1, 0.15) is 5.78 Å². The van der Waals surface area contributed by atoms with Crippen molar-refractivity contribution in [1.29, 1.82) is 0 Å². The van der Waals surface area contributed by atoms with Crippen molar-refractivity contribution in [3.63, 3.8) is 0 Å². The van der Waals surface area contributed by atoms with Gasteiger partial charge in [-0.2, -0.15) is 0 Å². The van der Waals surface area contributed by atoms with Gasteiger partial charge in [0.2, 0.25) is 0 Å². The molecule has 96 valence electrons. The maximum Gasteiger partial charge on any atom is 0.150 e. The SMILES string of the molecule is CC1(C)C2CCC1(C)C(Sc1ccccc1)C2=O. The van der Waals surface area contributed by atoms with Crippen LogP contribution in [-0.2, 0) is 4.79 Å². The van der Waals surface area contributed by atoms with E-state index in [1.165, 1.54) is 11.3 Å². The monoisotopic (exact) mass is 260 g/mol. The lowest BCUT2D eigenvalue weighted by Crippen LogP contribution is -2.35. The molecule has 0 amide bonds. The molecular weight excluding hydrogens is 240 g/mol. The van der Waals surface area contributed by atoms with Crippen molar-refractivity contribution in [1.82, 2.24) is 0 Å². The van der Waals surface area contributed by atoms with Crippen LogP contribution in [-0.4, -0.2) is 11.0 Å². The Kier molecular flexibility index (Phi) is 2.64. The van der Waals surface area contributed by atoms with Crippen molar-refractivity contribution in [3.05, 3.63) is 30.3 Å². The Morgan fingerprint density at radius 1 is 1.17 bits per heavy atom. The molecule has 0 N–H and O–H groups in total.